The van der Waals surface area contributed by atoms with Crippen LogP contribution in [-0.2, 0) is 11.3 Å². The quantitative estimate of drug-likeness (QED) is 0.396. The molecular formula is C28H28BrFN2O3. The second-order valence-electron chi connectivity index (χ2n) is 8.86. The van der Waals surface area contributed by atoms with Gasteiger partial charge in [0, 0.05) is 55.5 Å². The Morgan fingerprint density at radius 2 is 1.80 bits per heavy atom. The molecule has 0 aliphatic carbocycles. The maximum Gasteiger partial charge on any atom is 0.253 e. The molecular weight excluding hydrogens is 511 g/mol. The Bertz CT molecular complexity index is 1160. The van der Waals surface area contributed by atoms with Crippen LogP contribution in [0.15, 0.2) is 83.3 Å². The van der Waals surface area contributed by atoms with Gasteiger partial charge in [0.25, 0.3) is 5.91 Å². The molecule has 2 atom stereocenters. The minimum absolute atomic E-state index is 0.00206. The van der Waals surface area contributed by atoms with E-state index in [-0.39, 0.29) is 36.1 Å². The van der Waals surface area contributed by atoms with Crippen LogP contribution in [0, 0.1) is 11.7 Å². The lowest BCUT2D eigenvalue weighted by Crippen LogP contribution is -2.49. The summed E-state index contributed by atoms with van der Waals surface area (Å²) in [5.41, 5.74) is 1.49. The number of rotatable bonds is 7. The summed E-state index contributed by atoms with van der Waals surface area (Å²) in [5.74, 6) is -0.0120. The molecule has 4 rings (SSSR count). The van der Waals surface area contributed by atoms with Crippen molar-refractivity contribution in [1.29, 1.82) is 0 Å². The molecule has 0 N–H and O–H groups in total. The summed E-state index contributed by atoms with van der Waals surface area (Å²) in [6.45, 7) is 1.40. The summed E-state index contributed by atoms with van der Waals surface area (Å²) in [4.78, 5) is 29.7. The van der Waals surface area contributed by atoms with Crippen LogP contribution in [0.2, 0.25) is 0 Å². The predicted molar refractivity (Wildman–Crippen MR) is 137 cm³/mol. The van der Waals surface area contributed by atoms with E-state index in [0.29, 0.717) is 31.6 Å². The third-order valence-corrected chi connectivity index (χ3v) is 6.74. The fourth-order valence-electron chi connectivity index (χ4n) is 4.36. The molecule has 182 valence electrons. The van der Waals surface area contributed by atoms with E-state index in [1.807, 2.05) is 54.6 Å². The SMILES string of the molecule is CN(Cc1ccccc1)C(=O)C[C@H]1CN(C(=O)c2ccc(F)cc2)CC[C@@H]1Oc1cccc(Br)c1. The van der Waals surface area contributed by atoms with Gasteiger partial charge in [-0.05, 0) is 48.0 Å². The van der Waals surface area contributed by atoms with Gasteiger partial charge in [0.05, 0.1) is 0 Å². The zero-order valence-corrected chi connectivity index (χ0v) is 21.2. The van der Waals surface area contributed by atoms with E-state index in [2.05, 4.69) is 15.9 Å². The van der Waals surface area contributed by atoms with Gasteiger partial charge in [-0.3, -0.25) is 9.59 Å². The smallest absolute Gasteiger partial charge is 0.253 e. The van der Waals surface area contributed by atoms with Crippen molar-refractivity contribution in [3.8, 4) is 5.75 Å². The maximum atomic E-state index is 13.3. The van der Waals surface area contributed by atoms with Crippen molar-refractivity contribution in [2.45, 2.75) is 25.5 Å². The third-order valence-electron chi connectivity index (χ3n) is 6.25. The maximum absolute atomic E-state index is 13.3. The molecule has 1 fully saturated rings. The molecule has 5 nitrogen and oxygen atoms in total. The number of nitrogens with zero attached hydrogens (tertiary/aromatic N) is 2. The molecule has 35 heavy (non-hydrogen) atoms. The first-order valence-electron chi connectivity index (χ1n) is 11.6. The zero-order valence-electron chi connectivity index (χ0n) is 19.6. The van der Waals surface area contributed by atoms with Gasteiger partial charge >= 0.3 is 0 Å². The summed E-state index contributed by atoms with van der Waals surface area (Å²) >= 11 is 3.47. The number of halogens is 2. The van der Waals surface area contributed by atoms with E-state index in [0.717, 1.165) is 15.8 Å². The van der Waals surface area contributed by atoms with Gasteiger partial charge in [-0.2, -0.15) is 0 Å². The summed E-state index contributed by atoms with van der Waals surface area (Å²) in [6.07, 6.45) is 0.644. The summed E-state index contributed by atoms with van der Waals surface area (Å²) < 4.78 is 20.5. The zero-order chi connectivity index (χ0) is 24.8. The fraction of sp³-hybridized carbons (Fsp3) is 0.286. The highest BCUT2D eigenvalue weighted by atomic mass is 79.9. The van der Waals surface area contributed by atoms with Crippen LogP contribution in [0.5, 0.6) is 5.75 Å². The number of ether oxygens (including phenoxy) is 1. The summed E-state index contributed by atoms with van der Waals surface area (Å²) in [7, 11) is 1.80. The monoisotopic (exact) mass is 538 g/mol. The van der Waals surface area contributed by atoms with Gasteiger partial charge in [0.1, 0.15) is 17.7 Å². The van der Waals surface area contributed by atoms with E-state index in [4.69, 9.17) is 4.74 Å². The Labute approximate surface area is 213 Å². The fourth-order valence-corrected chi connectivity index (χ4v) is 4.74. The third kappa shape index (κ3) is 6.69. The second-order valence-corrected chi connectivity index (χ2v) is 9.78. The predicted octanol–water partition coefficient (Wildman–Crippen LogP) is 5.55. The molecule has 1 aliphatic rings. The van der Waals surface area contributed by atoms with E-state index in [1.165, 1.54) is 24.3 Å². The van der Waals surface area contributed by atoms with E-state index < -0.39 is 0 Å². The van der Waals surface area contributed by atoms with Crippen molar-refractivity contribution in [2.24, 2.45) is 5.92 Å². The van der Waals surface area contributed by atoms with Crippen molar-refractivity contribution in [2.75, 3.05) is 20.1 Å². The molecule has 0 unspecified atom stereocenters. The minimum Gasteiger partial charge on any atom is -0.490 e. The number of benzene rings is 3. The summed E-state index contributed by atoms with van der Waals surface area (Å²) in [6, 6.07) is 23.0. The van der Waals surface area contributed by atoms with Gasteiger partial charge in [0.15, 0.2) is 0 Å². The van der Waals surface area contributed by atoms with Crippen LogP contribution in [0.3, 0.4) is 0 Å². The number of carbonyl (C=O) groups excluding carboxylic acids is 2. The van der Waals surface area contributed by atoms with E-state index >= 15 is 0 Å². The average Bonchev–Trinajstić information content (AvgIpc) is 2.85. The Hall–Kier alpha value is -3.19. The molecule has 0 radical (unpaired) electrons. The van der Waals surface area contributed by atoms with Gasteiger partial charge < -0.3 is 14.5 Å². The minimum atomic E-state index is -0.382. The summed E-state index contributed by atoms with van der Waals surface area (Å²) in [5, 5.41) is 0. The first kappa shape index (κ1) is 24.9. The van der Waals surface area contributed by atoms with Crippen molar-refractivity contribution < 1.29 is 18.7 Å². The number of likely N-dealkylation sites (tertiary alicyclic amines) is 1. The molecule has 7 heteroatoms. The number of carbonyl (C=O) groups is 2. The Balaban J connectivity index is 1.49. The highest BCUT2D eigenvalue weighted by Gasteiger charge is 2.35. The van der Waals surface area contributed by atoms with Gasteiger partial charge in [0.2, 0.25) is 5.91 Å². The largest absolute Gasteiger partial charge is 0.490 e. The number of hydrogen-bond donors (Lipinski definition) is 0. The lowest BCUT2D eigenvalue weighted by molar-refractivity contribution is -0.132. The Kier molecular flexibility index (Phi) is 8.18. The standard InChI is InChI=1S/C28H28BrFN2O3/c1-31(18-20-6-3-2-4-7-20)27(33)16-22-19-32(28(34)21-10-12-24(30)13-11-21)15-14-26(22)35-25-9-5-8-23(29)17-25/h2-13,17,22,26H,14-16,18-19H2,1H3/t22-,26-/m0/s1. The topological polar surface area (TPSA) is 49.9 Å². The van der Waals surface area contributed by atoms with Crippen molar-refractivity contribution in [3.05, 3.63) is 100 Å². The van der Waals surface area contributed by atoms with Crippen molar-refractivity contribution in [3.63, 3.8) is 0 Å². The average molecular weight is 539 g/mol. The van der Waals surface area contributed by atoms with Gasteiger partial charge in [-0.15, -0.1) is 0 Å². The van der Waals surface area contributed by atoms with Gasteiger partial charge in [-0.1, -0.05) is 52.3 Å². The molecule has 2 amide bonds. The van der Waals surface area contributed by atoms with Crippen LogP contribution in [0.4, 0.5) is 4.39 Å². The Morgan fingerprint density at radius 1 is 1.06 bits per heavy atom. The molecule has 0 aromatic heterocycles. The second kappa shape index (κ2) is 11.5. The molecule has 1 aliphatic heterocycles. The van der Waals surface area contributed by atoms with Crippen LogP contribution < -0.4 is 4.74 Å². The highest BCUT2D eigenvalue weighted by Crippen LogP contribution is 2.28. The molecule has 1 heterocycles. The molecule has 3 aromatic rings. The van der Waals surface area contributed by atoms with Crippen LogP contribution in [-0.4, -0.2) is 47.9 Å². The van der Waals surface area contributed by atoms with Crippen molar-refractivity contribution >= 4 is 27.7 Å². The Morgan fingerprint density at radius 3 is 2.51 bits per heavy atom. The van der Waals surface area contributed by atoms with Crippen LogP contribution in [0.25, 0.3) is 0 Å². The molecule has 0 bridgehead atoms. The van der Waals surface area contributed by atoms with E-state index in [1.54, 1.807) is 16.8 Å². The first-order valence-corrected chi connectivity index (χ1v) is 12.4. The number of piperidine rings is 1. The highest BCUT2D eigenvalue weighted by molar-refractivity contribution is 9.10. The molecule has 3 aromatic carbocycles. The molecule has 0 saturated carbocycles. The van der Waals surface area contributed by atoms with Crippen molar-refractivity contribution in [1.82, 2.24) is 9.80 Å². The van der Waals surface area contributed by atoms with Crippen LogP contribution in [0.1, 0.15) is 28.8 Å². The van der Waals surface area contributed by atoms with Crippen LogP contribution >= 0.6 is 15.9 Å². The lowest BCUT2D eigenvalue weighted by Gasteiger charge is -2.39. The molecule has 0 spiro atoms. The number of amides is 2. The van der Waals surface area contributed by atoms with E-state index in [9.17, 15) is 14.0 Å². The lowest BCUT2D eigenvalue weighted by atomic mass is 9.90. The normalized spacial score (nSPS) is 17.6. The molecule has 1 saturated heterocycles. The van der Waals surface area contributed by atoms with Gasteiger partial charge in [-0.25, -0.2) is 4.39 Å². The number of hydrogen-bond acceptors (Lipinski definition) is 3. The first-order chi connectivity index (χ1) is 16.9.